The minimum atomic E-state index is -2.92. The molecule has 1 aromatic heterocycles. The molecule has 0 fully saturated rings. The van der Waals surface area contributed by atoms with E-state index in [0.717, 1.165) is 18.2 Å². The van der Waals surface area contributed by atoms with Gasteiger partial charge >= 0.3 is 0 Å². The Morgan fingerprint density at radius 3 is 2.41 bits per heavy atom. The molecule has 0 aliphatic heterocycles. The quantitative estimate of drug-likeness (QED) is 0.805. The van der Waals surface area contributed by atoms with Crippen LogP contribution >= 0.6 is 0 Å². The van der Waals surface area contributed by atoms with E-state index in [2.05, 4.69) is 15.3 Å². The van der Waals surface area contributed by atoms with E-state index in [0.29, 0.717) is 5.56 Å². The summed E-state index contributed by atoms with van der Waals surface area (Å²) >= 11 is 0. The Morgan fingerprint density at radius 2 is 1.89 bits per heavy atom. The van der Waals surface area contributed by atoms with Crippen LogP contribution in [-0.4, -0.2) is 30.0 Å². The molecule has 9 heteroatoms. The van der Waals surface area contributed by atoms with E-state index >= 15 is 0 Å². The van der Waals surface area contributed by atoms with E-state index in [1.54, 1.807) is 27.9 Å². The van der Waals surface area contributed by atoms with Gasteiger partial charge in [-0.1, -0.05) is 26.0 Å². The van der Waals surface area contributed by atoms with Crippen molar-refractivity contribution in [2.45, 2.75) is 26.3 Å². The van der Waals surface area contributed by atoms with Gasteiger partial charge in [0.25, 0.3) is 17.9 Å². The first-order valence-corrected chi connectivity index (χ1v) is 8.27. The molecule has 0 radical (unpaired) electrons. The van der Waals surface area contributed by atoms with Gasteiger partial charge < -0.3 is 10.2 Å². The minimum Gasteiger partial charge on any atom is -0.348 e. The lowest BCUT2D eigenvalue weighted by Gasteiger charge is -2.23. The molecular weight excluding hydrogens is 361 g/mol. The maximum Gasteiger partial charge on any atom is 0.270 e. The number of aromatic amines is 1. The third-order valence-electron chi connectivity index (χ3n) is 3.96. The van der Waals surface area contributed by atoms with Crippen molar-refractivity contribution in [2.75, 3.05) is 19.0 Å². The molecule has 6 nitrogen and oxygen atoms in total. The first-order chi connectivity index (χ1) is 12.6. The summed E-state index contributed by atoms with van der Waals surface area (Å²) < 4.78 is 39.4. The number of nitrogens with zero attached hydrogens (tertiary/aromatic N) is 2. The monoisotopic (exact) mass is 382 g/mol. The van der Waals surface area contributed by atoms with E-state index < -0.39 is 35.3 Å². The number of carbonyl (C=O) groups excluding carboxylic acids is 1. The van der Waals surface area contributed by atoms with Gasteiger partial charge in [0.15, 0.2) is 0 Å². The first kappa shape index (κ1) is 20.5. The standard InChI is InChI=1S/C18H21F3N4O2/c1-9(2)15(10-5-6-11(16(20)21)12(19)7-10)24-17(27)13-8-14(26)23-18(22-13)25(3)4/h5-9,15-16H,1-4H3,(H,24,27)(H,22,23,26). The number of hydrogen-bond donors (Lipinski definition) is 2. The number of nitrogens with one attached hydrogen (secondary N) is 2. The van der Waals surface area contributed by atoms with Crippen molar-refractivity contribution in [1.82, 2.24) is 15.3 Å². The molecule has 0 saturated carbocycles. The highest BCUT2D eigenvalue weighted by Crippen LogP contribution is 2.28. The zero-order valence-corrected chi connectivity index (χ0v) is 15.4. The second kappa shape index (κ2) is 8.24. The number of aromatic nitrogens is 2. The van der Waals surface area contributed by atoms with Crippen molar-refractivity contribution in [1.29, 1.82) is 0 Å². The minimum absolute atomic E-state index is 0.0993. The second-order valence-corrected chi connectivity index (χ2v) is 6.63. The lowest BCUT2D eigenvalue weighted by molar-refractivity contribution is 0.0920. The van der Waals surface area contributed by atoms with E-state index in [4.69, 9.17) is 0 Å². The topological polar surface area (TPSA) is 78.1 Å². The summed E-state index contributed by atoms with van der Waals surface area (Å²) in [4.78, 5) is 32.4. The molecule has 1 atom stereocenters. The predicted octanol–water partition coefficient (Wildman–Crippen LogP) is 3.04. The number of halogens is 3. The third-order valence-corrected chi connectivity index (χ3v) is 3.96. The van der Waals surface area contributed by atoms with Gasteiger partial charge in [-0.25, -0.2) is 18.2 Å². The highest BCUT2D eigenvalue weighted by atomic mass is 19.3. The number of carbonyl (C=O) groups is 1. The molecule has 1 amide bonds. The highest BCUT2D eigenvalue weighted by molar-refractivity contribution is 5.92. The molecule has 2 aromatic rings. The molecule has 27 heavy (non-hydrogen) atoms. The Kier molecular flexibility index (Phi) is 6.24. The number of alkyl halides is 2. The summed E-state index contributed by atoms with van der Waals surface area (Å²) in [5, 5.41) is 2.69. The predicted molar refractivity (Wildman–Crippen MR) is 95.6 cm³/mol. The maximum atomic E-state index is 13.9. The number of rotatable bonds is 6. The molecule has 1 aromatic carbocycles. The molecule has 0 saturated heterocycles. The van der Waals surface area contributed by atoms with Crippen molar-refractivity contribution < 1.29 is 18.0 Å². The number of anilines is 1. The number of H-pyrrole nitrogens is 1. The fourth-order valence-electron chi connectivity index (χ4n) is 2.54. The Labute approximate surface area is 154 Å². The van der Waals surface area contributed by atoms with Gasteiger partial charge in [0, 0.05) is 20.2 Å². The molecule has 1 unspecified atom stereocenters. The summed E-state index contributed by atoms with van der Waals surface area (Å²) in [5.74, 6) is -1.62. The van der Waals surface area contributed by atoms with E-state index in [-0.39, 0.29) is 17.6 Å². The molecule has 1 heterocycles. The average Bonchev–Trinajstić information content (AvgIpc) is 2.58. The summed E-state index contributed by atoms with van der Waals surface area (Å²) in [5.41, 5.74) is -0.942. The van der Waals surface area contributed by atoms with Crippen molar-refractivity contribution in [2.24, 2.45) is 5.92 Å². The summed E-state index contributed by atoms with van der Waals surface area (Å²) in [6.45, 7) is 3.58. The first-order valence-electron chi connectivity index (χ1n) is 8.27. The van der Waals surface area contributed by atoms with Crippen molar-refractivity contribution in [3.8, 4) is 0 Å². The molecule has 146 valence electrons. The van der Waals surface area contributed by atoms with Crippen molar-refractivity contribution in [3.05, 3.63) is 57.3 Å². The number of hydrogen-bond acceptors (Lipinski definition) is 4. The van der Waals surface area contributed by atoms with E-state index in [9.17, 15) is 22.8 Å². The lowest BCUT2D eigenvalue weighted by atomic mass is 9.94. The van der Waals surface area contributed by atoms with Crippen molar-refractivity contribution >= 4 is 11.9 Å². The SMILES string of the molecule is CC(C)C(NC(=O)c1cc(=O)[nH]c(N(C)C)n1)c1ccc(C(F)F)c(F)c1. The zero-order valence-electron chi connectivity index (χ0n) is 15.4. The zero-order chi connectivity index (χ0) is 20.3. The Hall–Kier alpha value is -2.84. The van der Waals surface area contributed by atoms with Crippen LogP contribution in [0, 0.1) is 11.7 Å². The smallest absolute Gasteiger partial charge is 0.270 e. The van der Waals surface area contributed by atoms with Gasteiger partial charge in [0.2, 0.25) is 5.95 Å². The van der Waals surface area contributed by atoms with Crippen LogP contribution < -0.4 is 15.8 Å². The van der Waals surface area contributed by atoms with Crippen LogP contribution in [0.4, 0.5) is 19.1 Å². The van der Waals surface area contributed by atoms with Crippen LogP contribution in [0.5, 0.6) is 0 Å². The largest absolute Gasteiger partial charge is 0.348 e. The average molecular weight is 382 g/mol. The third kappa shape index (κ3) is 4.87. The molecule has 2 N–H and O–H groups in total. The molecule has 0 aliphatic rings. The van der Waals surface area contributed by atoms with Gasteiger partial charge in [0.1, 0.15) is 11.5 Å². The maximum absolute atomic E-state index is 13.9. The Bertz CT molecular complexity index is 881. The van der Waals surface area contributed by atoms with Crippen LogP contribution in [0.1, 0.15) is 47.9 Å². The molecular formula is C18H21F3N4O2. The summed E-state index contributed by atoms with van der Waals surface area (Å²) in [6.07, 6.45) is -2.92. The normalized spacial score (nSPS) is 12.3. The molecule has 0 spiro atoms. The van der Waals surface area contributed by atoms with Crippen LogP contribution in [0.25, 0.3) is 0 Å². The number of benzene rings is 1. The molecule has 0 aliphatic carbocycles. The van der Waals surface area contributed by atoms with Gasteiger partial charge in [-0.2, -0.15) is 0 Å². The van der Waals surface area contributed by atoms with Crippen molar-refractivity contribution in [3.63, 3.8) is 0 Å². The van der Waals surface area contributed by atoms with Gasteiger partial charge in [-0.15, -0.1) is 0 Å². The molecule has 2 rings (SSSR count). The van der Waals surface area contributed by atoms with Crippen LogP contribution in [0.2, 0.25) is 0 Å². The fourth-order valence-corrected chi connectivity index (χ4v) is 2.54. The second-order valence-electron chi connectivity index (χ2n) is 6.63. The van der Waals surface area contributed by atoms with Gasteiger partial charge in [0.05, 0.1) is 11.6 Å². The fraction of sp³-hybridized carbons (Fsp3) is 0.389. The lowest BCUT2D eigenvalue weighted by Crippen LogP contribution is -2.33. The van der Waals surface area contributed by atoms with E-state index in [1.807, 2.05) is 0 Å². The van der Waals surface area contributed by atoms with Gasteiger partial charge in [-0.05, 0) is 17.5 Å². The molecule has 0 bridgehead atoms. The number of amides is 1. The Morgan fingerprint density at radius 1 is 1.22 bits per heavy atom. The summed E-state index contributed by atoms with van der Waals surface area (Å²) in [7, 11) is 3.31. The van der Waals surface area contributed by atoms with Gasteiger partial charge in [-0.3, -0.25) is 14.6 Å². The highest BCUT2D eigenvalue weighted by Gasteiger charge is 2.23. The van der Waals surface area contributed by atoms with E-state index in [1.165, 1.54) is 11.0 Å². The van der Waals surface area contributed by atoms with Crippen LogP contribution in [0.3, 0.4) is 0 Å². The Balaban J connectivity index is 2.33. The summed E-state index contributed by atoms with van der Waals surface area (Å²) in [6, 6.07) is 3.75. The van der Waals surface area contributed by atoms with Crippen LogP contribution in [0.15, 0.2) is 29.1 Å². The van der Waals surface area contributed by atoms with Crippen LogP contribution in [-0.2, 0) is 0 Å².